The first kappa shape index (κ1) is 27.4. The van der Waals surface area contributed by atoms with Crippen LogP contribution in [0.15, 0.2) is 54.6 Å². The number of amides is 2. The van der Waals surface area contributed by atoms with Crippen molar-refractivity contribution in [3.63, 3.8) is 0 Å². The Hall–Kier alpha value is -4.14. The Labute approximate surface area is 235 Å². The summed E-state index contributed by atoms with van der Waals surface area (Å²) in [6, 6.07) is 17.1. The molecule has 3 aromatic rings. The maximum Gasteiger partial charge on any atom is 0.254 e. The third-order valence-corrected chi connectivity index (χ3v) is 7.67. The minimum absolute atomic E-state index is 0.00235. The Morgan fingerprint density at radius 2 is 1.77 bits per heavy atom. The van der Waals surface area contributed by atoms with Gasteiger partial charge < -0.3 is 24.2 Å². The highest BCUT2D eigenvalue weighted by atomic mass is 16.5. The molecule has 0 radical (unpaired) electrons. The number of anilines is 1. The minimum atomic E-state index is -0.0568. The molecule has 9 heteroatoms. The average molecular weight is 544 g/mol. The molecular weight excluding hydrogens is 506 g/mol. The number of rotatable bonds is 9. The molecule has 9 nitrogen and oxygen atoms in total. The standard InChI is InChI=1S/C31H37N5O4/c1-22-7-4-5-8-25(22)31(38)36(20-23-9-10-23)21-30(37)35-16-6-15-34(17-18-35)29-14-13-27(32-33-29)26-12-11-24(39-2)19-28(26)40-3/h4-5,7-8,11-14,19,23H,6,9-10,15-18,20-21H2,1-3H3. The molecule has 2 heterocycles. The number of benzene rings is 2. The van der Waals surface area contributed by atoms with E-state index in [9.17, 15) is 9.59 Å². The Morgan fingerprint density at radius 1 is 0.950 bits per heavy atom. The molecule has 0 N–H and O–H groups in total. The molecule has 1 aromatic heterocycles. The van der Waals surface area contributed by atoms with Crippen LogP contribution in [0.25, 0.3) is 11.3 Å². The molecular formula is C31H37N5O4. The van der Waals surface area contributed by atoms with Crippen LogP contribution in [0.3, 0.4) is 0 Å². The number of hydrogen-bond acceptors (Lipinski definition) is 7. The van der Waals surface area contributed by atoms with Gasteiger partial charge in [0.15, 0.2) is 5.82 Å². The first-order chi connectivity index (χ1) is 19.5. The fraction of sp³-hybridized carbons (Fsp3) is 0.419. The second-order valence-corrected chi connectivity index (χ2v) is 10.5. The molecule has 2 amide bonds. The van der Waals surface area contributed by atoms with Crippen LogP contribution in [-0.2, 0) is 4.79 Å². The van der Waals surface area contributed by atoms with Crippen LogP contribution in [0.4, 0.5) is 5.82 Å². The smallest absolute Gasteiger partial charge is 0.254 e. The quantitative estimate of drug-likeness (QED) is 0.402. The van der Waals surface area contributed by atoms with E-state index in [1.54, 1.807) is 19.1 Å². The predicted octanol–water partition coefficient (Wildman–Crippen LogP) is 4.06. The van der Waals surface area contributed by atoms with E-state index in [0.29, 0.717) is 54.9 Å². The van der Waals surface area contributed by atoms with Gasteiger partial charge in [0.2, 0.25) is 5.91 Å². The third-order valence-electron chi connectivity index (χ3n) is 7.67. The highest BCUT2D eigenvalue weighted by Crippen LogP contribution is 2.33. The zero-order valence-electron chi connectivity index (χ0n) is 23.5. The summed E-state index contributed by atoms with van der Waals surface area (Å²) in [7, 11) is 3.24. The van der Waals surface area contributed by atoms with E-state index in [1.165, 1.54) is 0 Å². The van der Waals surface area contributed by atoms with Crippen molar-refractivity contribution < 1.29 is 19.1 Å². The monoisotopic (exact) mass is 543 g/mol. The summed E-state index contributed by atoms with van der Waals surface area (Å²) in [6.45, 7) is 5.35. The predicted molar refractivity (Wildman–Crippen MR) is 154 cm³/mol. The molecule has 0 spiro atoms. The first-order valence-electron chi connectivity index (χ1n) is 13.9. The van der Waals surface area contributed by atoms with Gasteiger partial charge in [-0.05, 0) is 68.0 Å². The summed E-state index contributed by atoms with van der Waals surface area (Å²) in [4.78, 5) is 32.6. The van der Waals surface area contributed by atoms with E-state index in [-0.39, 0.29) is 18.4 Å². The molecule has 1 aliphatic heterocycles. The molecule has 1 saturated heterocycles. The van der Waals surface area contributed by atoms with Crippen LogP contribution < -0.4 is 14.4 Å². The van der Waals surface area contributed by atoms with Crippen molar-refractivity contribution in [1.29, 1.82) is 0 Å². The van der Waals surface area contributed by atoms with Crippen LogP contribution in [-0.4, -0.2) is 85.3 Å². The van der Waals surface area contributed by atoms with Crippen LogP contribution in [0, 0.1) is 12.8 Å². The van der Waals surface area contributed by atoms with Crippen molar-refractivity contribution in [2.75, 3.05) is 58.4 Å². The number of nitrogens with zero attached hydrogens (tertiary/aromatic N) is 5. The Balaban J connectivity index is 1.22. The molecule has 210 valence electrons. The molecule has 40 heavy (non-hydrogen) atoms. The number of methoxy groups -OCH3 is 2. The van der Waals surface area contributed by atoms with Crippen molar-refractivity contribution in [2.24, 2.45) is 5.92 Å². The van der Waals surface area contributed by atoms with Gasteiger partial charge in [0.25, 0.3) is 5.91 Å². The lowest BCUT2D eigenvalue weighted by Crippen LogP contribution is -2.45. The highest BCUT2D eigenvalue weighted by molar-refractivity contribution is 5.97. The number of carbonyl (C=O) groups excluding carboxylic acids is 2. The van der Waals surface area contributed by atoms with Crippen LogP contribution in [0.5, 0.6) is 11.5 Å². The summed E-state index contributed by atoms with van der Waals surface area (Å²) < 4.78 is 10.8. The Bertz CT molecular complexity index is 1340. The summed E-state index contributed by atoms with van der Waals surface area (Å²) in [6.07, 6.45) is 3.06. The molecule has 2 fully saturated rings. The zero-order chi connectivity index (χ0) is 28.1. The third kappa shape index (κ3) is 6.35. The number of hydrogen-bond donors (Lipinski definition) is 0. The van der Waals surface area contributed by atoms with E-state index < -0.39 is 0 Å². The molecule has 1 saturated carbocycles. The van der Waals surface area contributed by atoms with E-state index in [2.05, 4.69) is 15.1 Å². The summed E-state index contributed by atoms with van der Waals surface area (Å²) >= 11 is 0. The Morgan fingerprint density at radius 3 is 2.48 bits per heavy atom. The average Bonchev–Trinajstić information content (AvgIpc) is 3.83. The normalized spacial score (nSPS) is 15.4. The van der Waals surface area contributed by atoms with E-state index in [4.69, 9.17) is 9.47 Å². The zero-order valence-corrected chi connectivity index (χ0v) is 23.5. The lowest BCUT2D eigenvalue weighted by atomic mass is 10.1. The lowest BCUT2D eigenvalue weighted by Gasteiger charge is -2.27. The van der Waals surface area contributed by atoms with E-state index in [0.717, 1.165) is 42.8 Å². The number of ether oxygens (including phenoxy) is 2. The van der Waals surface area contributed by atoms with Gasteiger partial charge >= 0.3 is 0 Å². The van der Waals surface area contributed by atoms with Crippen molar-refractivity contribution >= 4 is 17.6 Å². The topological polar surface area (TPSA) is 88.1 Å². The van der Waals surface area contributed by atoms with Gasteiger partial charge in [-0.2, -0.15) is 0 Å². The minimum Gasteiger partial charge on any atom is -0.497 e. The van der Waals surface area contributed by atoms with Crippen LogP contribution >= 0.6 is 0 Å². The largest absolute Gasteiger partial charge is 0.497 e. The van der Waals surface area contributed by atoms with Gasteiger partial charge in [-0.1, -0.05) is 18.2 Å². The van der Waals surface area contributed by atoms with Gasteiger partial charge in [0, 0.05) is 49.9 Å². The maximum atomic E-state index is 13.4. The van der Waals surface area contributed by atoms with Gasteiger partial charge in [0.1, 0.15) is 18.0 Å². The Kier molecular flexibility index (Phi) is 8.48. The van der Waals surface area contributed by atoms with Gasteiger partial charge in [-0.25, -0.2) is 0 Å². The molecule has 0 atom stereocenters. The second-order valence-electron chi connectivity index (χ2n) is 10.5. The fourth-order valence-electron chi connectivity index (χ4n) is 5.12. The number of carbonyl (C=O) groups is 2. The van der Waals surface area contributed by atoms with Gasteiger partial charge in [-0.15, -0.1) is 10.2 Å². The van der Waals surface area contributed by atoms with Gasteiger partial charge in [0.05, 0.1) is 19.9 Å². The van der Waals surface area contributed by atoms with Gasteiger partial charge in [-0.3, -0.25) is 9.59 Å². The summed E-state index contributed by atoms with van der Waals surface area (Å²) in [5.74, 6) is 2.59. The maximum absolute atomic E-state index is 13.4. The van der Waals surface area contributed by atoms with Crippen LogP contribution in [0.1, 0.15) is 35.2 Å². The van der Waals surface area contributed by atoms with E-state index >= 15 is 0 Å². The first-order valence-corrected chi connectivity index (χ1v) is 13.9. The van der Waals surface area contributed by atoms with Crippen LogP contribution in [0.2, 0.25) is 0 Å². The van der Waals surface area contributed by atoms with Crippen molar-refractivity contribution in [3.8, 4) is 22.8 Å². The fourth-order valence-corrected chi connectivity index (χ4v) is 5.12. The molecule has 5 rings (SSSR count). The summed E-state index contributed by atoms with van der Waals surface area (Å²) in [5, 5.41) is 8.96. The summed E-state index contributed by atoms with van der Waals surface area (Å²) in [5.41, 5.74) is 3.16. The SMILES string of the molecule is COc1ccc(-c2ccc(N3CCCN(C(=O)CN(CC4CC4)C(=O)c4ccccc4C)CC3)nn2)c(OC)c1. The molecule has 2 aromatic carbocycles. The van der Waals surface area contributed by atoms with Crippen molar-refractivity contribution in [2.45, 2.75) is 26.2 Å². The van der Waals surface area contributed by atoms with Crippen molar-refractivity contribution in [1.82, 2.24) is 20.0 Å². The molecule has 0 bridgehead atoms. The number of aryl methyl sites for hydroxylation is 1. The van der Waals surface area contributed by atoms with Crippen molar-refractivity contribution in [3.05, 3.63) is 65.7 Å². The highest BCUT2D eigenvalue weighted by Gasteiger charge is 2.30. The second kappa shape index (κ2) is 12.4. The van der Waals surface area contributed by atoms with E-state index in [1.807, 2.05) is 66.4 Å². The molecule has 2 aliphatic rings. The number of aromatic nitrogens is 2. The molecule has 1 aliphatic carbocycles. The lowest BCUT2D eigenvalue weighted by molar-refractivity contribution is -0.131. The molecule has 0 unspecified atom stereocenters.